The molecule has 3 aliphatic rings. The van der Waals surface area contributed by atoms with Crippen molar-refractivity contribution in [2.75, 3.05) is 0 Å². The van der Waals surface area contributed by atoms with E-state index in [2.05, 4.69) is 68.3 Å². The number of halogens is 2. The third-order valence-electron chi connectivity index (χ3n) is 8.45. The zero-order valence-corrected chi connectivity index (χ0v) is 23.7. The van der Waals surface area contributed by atoms with E-state index in [-0.39, 0.29) is 0 Å². The lowest BCUT2D eigenvalue weighted by atomic mass is 9.58. The van der Waals surface area contributed by atoms with E-state index < -0.39 is 0 Å². The van der Waals surface area contributed by atoms with E-state index in [9.17, 15) is 0 Å². The van der Waals surface area contributed by atoms with Gasteiger partial charge in [0.15, 0.2) is 0 Å². The molecule has 1 aromatic carbocycles. The monoisotopic (exact) mass is 612 g/mol. The summed E-state index contributed by atoms with van der Waals surface area (Å²) in [5.41, 5.74) is 7.32. The second-order valence-corrected chi connectivity index (χ2v) is 15.1. The Bertz CT molecular complexity index is 1290. The van der Waals surface area contributed by atoms with Crippen molar-refractivity contribution in [2.24, 2.45) is 11.8 Å². The van der Waals surface area contributed by atoms with Crippen LogP contribution in [0.25, 0.3) is 31.9 Å². The molecule has 7 rings (SSSR count). The van der Waals surface area contributed by atoms with Crippen molar-refractivity contribution in [1.29, 1.82) is 0 Å². The van der Waals surface area contributed by atoms with Gasteiger partial charge in [0.25, 0.3) is 0 Å². The molecule has 0 bridgehead atoms. The van der Waals surface area contributed by atoms with Crippen LogP contribution in [0.3, 0.4) is 0 Å². The minimum atomic E-state index is 0.600. The molecular formula is C28H26Br2N2S2. The summed E-state index contributed by atoms with van der Waals surface area (Å²) in [6, 6.07) is 13.3. The SMILES string of the molecule is Brc1ccc(-c2ccc(-c3ccc(Br)s3)c3nc4c(nc23)C2CCCCC2C2CCCCC42)s1. The Morgan fingerprint density at radius 1 is 0.588 bits per heavy atom. The van der Waals surface area contributed by atoms with Gasteiger partial charge in [0.1, 0.15) is 0 Å². The molecule has 0 saturated heterocycles. The first kappa shape index (κ1) is 22.1. The lowest BCUT2D eigenvalue weighted by molar-refractivity contribution is 0.124. The predicted molar refractivity (Wildman–Crippen MR) is 151 cm³/mol. The molecule has 3 heterocycles. The number of rotatable bonds is 2. The molecule has 4 aromatic rings. The van der Waals surface area contributed by atoms with Crippen LogP contribution in [0.15, 0.2) is 44.0 Å². The summed E-state index contributed by atoms with van der Waals surface area (Å²) in [4.78, 5) is 13.7. The van der Waals surface area contributed by atoms with Crippen LogP contribution >= 0.6 is 54.5 Å². The third kappa shape index (κ3) is 3.58. The van der Waals surface area contributed by atoms with Crippen molar-refractivity contribution in [3.8, 4) is 20.9 Å². The molecule has 0 N–H and O–H groups in total. The van der Waals surface area contributed by atoms with Gasteiger partial charge in [-0.1, -0.05) is 37.8 Å². The van der Waals surface area contributed by atoms with Crippen LogP contribution in [0.4, 0.5) is 0 Å². The lowest BCUT2D eigenvalue weighted by Gasteiger charge is -2.47. The second-order valence-electron chi connectivity index (χ2n) is 10.2. The highest BCUT2D eigenvalue weighted by atomic mass is 79.9. The first-order valence-electron chi connectivity index (χ1n) is 12.5. The molecule has 0 radical (unpaired) electrons. The number of thiophene rings is 2. The van der Waals surface area contributed by atoms with Gasteiger partial charge < -0.3 is 0 Å². The van der Waals surface area contributed by atoms with E-state index in [0.717, 1.165) is 30.4 Å². The predicted octanol–water partition coefficient (Wildman–Crippen LogP) is 10.2. The summed E-state index contributed by atoms with van der Waals surface area (Å²) >= 11 is 10.9. The molecule has 0 aliphatic heterocycles. The molecule has 6 heteroatoms. The van der Waals surface area contributed by atoms with Gasteiger partial charge in [-0.25, -0.2) is 9.97 Å². The highest BCUT2D eigenvalue weighted by Gasteiger charge is 2.46. The van der Waals surface area contributed by atoms with E-state index in [1.807, 2.05) is 0 Å². The van der Waals surface area contributed by atoms with Crippen LogP contribution < -0.4 is 0 Å². The summed E-state index contributed by atoms with van der Waals surface area (Å²) in [7, 11) is 0. The quantitative estimate of drug-likeness (QED) is 0.225. The number of aromatic nitrogens is 2. The summed E-state index contributed by atoms with van der Waals surface area (Å²) in [5.74, 6) is 2.83. The molecule has 0 spiro atoms. The van der Waals surface area contributed by atoms with Gasteiger partial charge in [-0.05, 0) is 93.6 Å². The van der Waals surface area contributed by atoms with Gasteiger partial charge in [-0.15, -0.1) is 22.7 Å². The standard InChI is InChI=1S/C28H26Br2N2S2/c29-23-13-11-21(33-23)19-9-10-20(22-12-14-24(30)34-22)28-27(19)31-25-17-7-3-1-5-15(17)16-6-2-4-8-18(16)26(25)32-28/h9-18H,1-8H2. The Morgan fingerprint density at radius 2 is 1.03 bits per heavy atom. The van der Waals surface area contributed by atoms with Gasteiger partial charge in [0.2, 0.25) is 0 Å². The zero-order chi connectivity index (χ0) is 22.8. The molecule has 174 valence electrons. The molecular weight excluding hydrogens is 588 g/mol. The van der Waals surface area contributed by atoms with Crippen molar-refractivity contribution >= 4 is 65.6 Å². The van der Waals surface area contributed by atoms with E-state index in [0.29, 0.717) is 11.8 Å². The number of benzene rings is 1. The maximum Gasteiger partial charge on any atom is 0.0983 e. The number of fused-ring (bicyclic) bond motifs is 7. The van der Waals surface area contributed by atoms with E-state index in [1.54, 1.807) is 22.7 Å². The van der Waals surface area contributed by atoms with Crippen LogP contribution in [0.2, 0.25) is 0 Å². The van der Waals surface area contributed by atoms with E-state index in [4.69, 9.17) is 9.97 Å². The van der Waals surface area contributed by atoms with Crippen molar-refractivity contribution < 1.29 is 0 Å². The molecule has 34 heavy (non-hydrogen) atoms. The van der Waals surface area contributed by atoms with Crippen LogP contribution in [-0.2, 0) is 0 Å². The molecule has 0 amide bonds. The fraction of sp³-hybridized carbons (Fsp3) is 0.429. The fourth-order valence-electron chi connectivity index (χ4n) is 7.05. The fourth-order valence-corrected chi connectivity index (χ4v) is 9.87. The number of hydrogen-bond acceptors (Lipinski definition) is 4. The van der Waals surface area contributed by atoms with Crippen molar-refractivity contribution in [1.82, 2.24) is 9.97 Å². The van der Waals surface area contributed by atoms with E-state index >= 15 is 0 Å². The lowest BCUT2D eigenvalue weighted by Crippen LogP contribution is -2.38. The van der Waals surface area contributed by atoms with Crippen molar-refractivity contribution in [3.63, 3.8) is 0 Å². The van der Waals surface area contributed by atoms with Crippen LogP contribution in [0, 0.1) is 11.8 Å². The minimum Gasteiger partial charge on any atom is -0.248 e. The van der Waals surface area contributed by atoms with Gasteiger partial charge >= 0.3 is 0 Å². The van der Waals surface area contributed by atoms with Crippen molar-refractivity contribution in [3.05, 3.63) is 55.4 Å². The Hall–Kier alpha value is -1.08. The van der Waals surface area contributed by atoms with Gasteiger partial charge in [-0.3, -0.25) is 0 Å². The Balaban J connectivity index is 1.51. The average Bonchev–Trinajstić information content (AvgIpc) is 3.50. The molecule has 3 aromatic heterocycles. The largest absolute Gasteiger partial charge is 0.248 e. The van der Waals surface area contributed by atoms with Gasteiger partial charge in [0.05, 0.1) is 30.0 Å². The Kier molecular flexibility index (Phi) is 5.73. The second kappa shape index (κ2) is 8.79. The number of hydrogen-bond donors (Lipinski definition) is 0. The highest BCUT2D eigenvalue weighted by molar-refractivity contribution is 9.11. The first-order chi connectivity index (χ1) is 16.7. The van der Waals surface area contributed by atoms with E-state index in [1.165, 1.54) is 83.6 Å². The summed E-state index contributed by atoms with van der Waals surface area (Å²) in [6.45, 7) is 0. The minimum absolute atomic E-state index is 0.600. The zero-order valence-electron chi connectivity index (χ0n) is 18.9. The molecule has 4 atom stereocenters. The maximum absolute atomic E-state index is 5.59. The van der Waals surface area contributed by atoms with Crippen LogP contribution in [0.1, 0.15) is 74.6 Å². The van der Waals surface area contributed by atoms with Crippen LogP contribution in [0.5, 0.6) is 0 Å². The Labute approximate surface area is 225 Å². The summed E-state index contributed by atoms with van der Waals surface area (Å²) < 4.78 is 2.32. The van der Waals surface area contributed by atoms with Gasteiger partial charge in [0, 0.05) is 32.7 Å². The highest BCUT2D eigenvalue weighted by Crippen LogP contribution is 2.56. The Morgan fingerprint density at radius 3 is 1.44 bits per heavy atom. The normalized spacial score (nSPS) is 26.2. The molecule has 2 saturated carbocycles. The smallest absolute Gasteiger partial charge is 0.0983 e. The molecule has 4 unspecified atom stereocenters. The average molecular weight is 614 g/mol. The maximum atomic E-state index is 5.59. The van der Waals surface area contributed by atoms with Crippen LogP contribution in [-0.4, -0.2) is 9.97 Å². The molecule has 2 fully saturated rings. The third-order valence-corrected chi connectivity index (χ3v) is 11.8. The van der Waals surface area contributed by atoms with Gasteiger partial charge in [-0.2, -0.15) is 0 Å². The topological polar surface area (TPSA) is 25.8 Å². The summed E-state index contributed by atoms with van der Waals surface area (Å²) in [6.07, 6.45) is 10.8. The first-order valence-corrected chi connectivity index (χ1v) is 15.8. The summed E-state index contributed by atoms with van der Waals surface area (Å²) in [5, 5.41) is 0. The molecule has 2 nitrogen and oxygen atoms in total. The van der Waals surface area contributed by atoms with Crippen molar-refractivity contribution in [2.45, 2.75) is 63.2 Å². The number of nitrogens with zero attached hydrogens (tertiary/aromatic N) is 2. The molecule has 3 aliphatic carbocycles.